The van der Waals surface area contributed by atoms with Gasteiger partial charge in [0.05, 0.1) is 11.4 Å². The molecular formula is C23H17FN4O5. The van der Waals surface area contributed by atoms with Crippen LogP contribution in [0.1, 0.15) is 5.69 Å². The van der Waals surface area contributed by atoms with Crippen molar-refractivity contribution in [3.05, 3.63) is 88.6 Å². The largest absolute Gasteiger partial charge is 0.511 e. The molecule has 0 saturated carbocycles. The van der Waals surface area contributed by atoms with E-state index in [-0.39, 0.29) is 22.9 Å². The Morgan fingerprint density at radius 3 is 2.58 bits per heavy atom. The van der Waals surface area contributed by atoms with Gasteiger partial charge in [-0.25, -0.2) is 13.9 Å². The van der Waals surface area contributed by atoms with E-state index in [4.69, 9.17) is 5.11 Å². The van der Waals surface area contributed by atoms with Crippen LogP contribution in [0, 0.1) is 12.7 Å². The number of phenols is 1. The van der Waals surface area contributed by atoms with Crippen molar-refractivity contribution in [2.24, 2.45) is 10.2 Å². The van der Waals surface area contributed by atoms with E-state index >= 15 is 0 Å². The molecule has 0 bridgehead atoms. The number of halogens is 1. The fourth-order valence-corrected chi connectivity index (χ4v) is 3.23. The van der Waals surface area contributed by atoms with Gasteiger partial charge in [0, 0.05) is 5.56 Å². The molecule has 0 unspecified atom stereocenters. The molecule has 9 nitrogen and oxygen atoms in total. The average Bonchev–Trinajstić information content (AvgIpc) is 3.06. The van der Waals surface area contributed by atoms with Crippen LogP contribution in [0.4, 0.5) is 20.6 Å². The average molecular weight is 448 g/mol. The number of benzene rings is 3. The summed E-state index contributed by atoms with van der Waals surface area (Å²) >= 11 is 0. The Bertz CT molecular complexity index is 1440. The third-order valence-electron chi connectivity index (χ3n) is 4.73. The van der Waals surface area contributed by atoms with Crippen LogP contribution in [0.15, 0.2) is 81.8 Å². The van der Waals surface area contributed by atoms with Crippen LogP contribution in [-0.4, -0.2) is 26.1 Å². The van der Waals surface area contributed by atoms with E-state index < -0.39 is 17.5 Å². The summed E-state index contributed by atoms with van der Waals surface area (Å²) in [5.41, 5.74) is 1.13. The number of nitrogens with one attached hydrogen (secondary N) is 1. The van der Waals surface area contributed by atoms with Gasteiger partial charge in [0.15, 0.2) is 11.4 Å². The highest BCUT2D eigenvalue weighted by Crippen LogP contribution is 2.38. The van der Waals surface area contributed by atoms with Crippen molar-refractivity contribution in [2.45, 2.75) is 6.92 Å². The number of ether oxygens (including phenoxy) is 1. The summed E-state index contributed by atoms with van der Waals surface area (Å²) in [6, 6.07) is 16.4. The fourth-order valence-electron chi connectivity index (χ4n) is 3.23. The second-order valence-corrected chi connectivity index (χ2v) is 6.97. The molecule has 0 aliphatic heterocycles. The predicted molar refractivity (Wildman–Crippen MR) is 117 cm³/mol. The van der Waals surface area contributed by atoms with Crippen LogP contribution in [0.5, 0.6) is 11.5 Å². The Morgan fingerprint density at radius 2 is 1.82 bits per heavy atom. The number of para-hydroxylation sites is 1. The number of carboxylic acid groups (broad SMARTS) is 1. The number of aryl methyl sites for hydroxylation is 1. The lowest BCUT2D eigenvalue weighted by Crippen LogP contribution is -2.14. The van der Waals surface area contributed by atoms with Gasteiger partial charge >= 0.3 is 6.16 Å². The number of carbonyl (C=O) groups is 1. The maximum Gasteiger partial charge on any atom is 0.511 e. The van der Waals surface area contributed by atoms with Crippen molar-refractivity contribution in [3.63, 3.8) is 0 Å². The summed E-state index contributed by atoms with van der Waals surface area (Å²) in [5, 5.41) is 30.3. The van der Waals surface area contributed by atoms with Crippen LogP contribution in [0.2, 0.25) is 0 Å². The molecular weight excluding hydrogens is 431 g/mol. The molecule has 3 aromatic carbocycles. The SMILES string of the molecule is Cc1[nH]n(-c2cccc(F)c2)c(=O)c1N=Nc1cccc(-c2cccc(OC(=O)O)c2)c1O. The summed E-state index contributed by atoms with van der Waals surface area (Å²) < 4.78 is 19.3. The van der Waals surface area contributed by atoms with Gasteiger partial charge in [-0.3, -0.25) is 9.89 Å². The number of hydrogen-bond donors (Lipinski definition) is 3. The number of H-pyrrole nitrogens is 1. The molecule has 0 saturated heterocycles. The molecule has 4 rings (SSSR count). The Labute approximate surface area is 186 Å². The number of azo groups is 1. The first-order chi connectivity index (χ1) is 15.8. The van der Waals surface area contributed by atoms with Gasteiger partial charge in [-0.15, -0.1) is 10.2 Å². The van der Waals surface area contributed by atoms with Gasteiger partial charge in [-0.2, -0.15) is 0 Å². The van der Waals surface area contributed by atoms with Crippen LogP contribution >= 0.6 is 0 Å². The van der Waals surface area contributed by atoms with Crippen molar-refractivity contribution in [2.75, 3.05) is 0 Å². The minimum absolute atomic E-state index is 0.000852. The molecule has 10 heteroatoms. The highest BCUT2D eigenvalue weighted by molar-refractivity contribution is 5.77. The molecule has 0 radical (unpaired) electrons. The molecule has 0 aliphatic rings. The first-order valence-corrected chi connectivity index (χ1v) is 9.66. The maximum atomic E-state index is 13.5. The van der Waals surface area contributed by atoms with Gasteiger partial charge in [0.2, 0.25) is 0 Å². The Morgan fingerprint density at radius 1 is 1.06 bits per heavy atom. The summed E-state index contributed by atoms with van der Waals surface area (Å²) in [6.45, 7) is 1.62. The molecule has 1 heterocycles. The molecule has 0 spiro atoms. The lowest BCUT2D eigenvalue weighted by molar-refractivity contribution is 0.144. The number of rotatable bonds is 5. The summed E-state index contributed by atoms with van der Waals surface area (Å²) in [6.07, 6.45) is -1.45. The maximum absolute atomic E-state index is 13.5. The van der Waals surface area contributed by atoms with E-state index in [1.807, 2.05) is 0 Å². The Hall–Kier alpha value is -4.73. The number of aromatic nitrogens is 2. The lowest BCUT2D eigenvalue weighted by atomic mass is 10.0. The van der Waals surface area contributed by atoms with E-state index in [2.05, 4.69) is 20.1 Å². The normalized spacial score (nSPS) is 11.1. The summed E-state index contributed by atoms with van der Waals surface area (Å²) in [5.74, 6) is -0.617. The first-order valence-electron chi connectivity index (χ1n) is 9.66. The molecule has 33 heavy (non-hydrogen) atoms. The molecule has 0 amide bonds. The minimum Gasteiger partial charge on any atom is -0.505 e. The molecule has 1 aromatic heterocycles. The van der Waals surface area contributed by atoms with Crippen LogP contribution < -0.4 is 10.3 Å². The zero-order valence-corrected chi connectivity index (χ0v) is 17.2. The Kier molecular flexibility index (Phi) is 5.73. The lowest BCUT2D eigenvalue weighted by Gasteiger charge is -2.08. The second-order valence-electron chi connectivity index (χ2n) is 6.97. The fraction of sp³-hybridized carbons (Fsp3) is 0.0435. The molecule has 4 aromatic rings. The van der Waals surface area contributed by atoms with Crippen LogP contribution in [0.25, 0.3) is 16.8 Å². The summed E-state index contributed by atoms with van der Waals surface area (Å²) in [4.78, 5) is 23.5. The van der Waals surface area contributed by atoms with E-state index in [1.165, 1.54) is 36.4 Å². The first kappa shape index (κ1) is 21.5. The van der Waals surface area contributed by atoms with Gasteiger partial charge in [-0.05, 0) is 48.9 Å². The topological polar surface area (TPSA) is 129 Å². The van der Waals surface area contributed by atoms with Crippen molar-refractivity contribution in [3.8, 4) is 28.3 Å². The monoisotopic (exact) mass is 448 g/mol. The number of phenolic OH excluding ortho intramolecular Hbond substituents is 1. The zero-order chi connectivity index (χ0) is 23.5. The smallest absolute Gasteiger partial charge is 0.505 e. The quantitative estimate of drug-likeness (QED) is 0.212. The van der Waals surface area contributed by atoms with Crippen molar-refractivity contribution < 1.29 is 24.1 Å². The molecule has 0 atom stereocenters. The van der Waals surface area contributed by atoms with E-state index in [1.54, 1.807) is 37.3 Å². The molecule has 166 valence electrons. The van der Waals surface area contributed by atoms with Crippen molar-refractivity contribution in [1.82, 2.24) is 9.78 Å². The minimum atomic E-state index is -1.45. The van der Waals surface area contributed by atoms with Gasteiger partial charge in [0.25, 0.3) is 5.56 Å². The molecule has 3 N–H and O–H groups in total. The number of hydrogen-bond acceptors (Lipinski definition) is 6. The zero-order valence-electron chi connectivity index (χ0n) is 17.2. The van der Waals surface area contributed by atoms with Gasteiger partial charge in [-0.1, -0.05) is 30.3 Å². The van der Waals surface area contributed by atoms with Crippen molar-refractivity contribution >= 4 is 17.5 Å². The third kappa shape index (κ3) is 4.49. The second kappa shape index (κ2) is 8.79. The van der Waals surface area contributed by atoms with E-state index in [0.717, 1.165) is 4.68 Å². The van der Waals surface area contributed by atoms with Crippen LogP contribution in [0.3, 0.4) is 0 Å². The number of nitrogens with zero attached hydrogens (tertiary/aromatic N) is 3. The molecule has 0 fully saturated rings. The number of aromatic hydroxyl groups is 1. The Balaban J connectivity index is 1.68. The number of aromatic amines is 1. The van der Waals surface area contributed by atoms with E-state index in [0.29, 0.717) is 22.5 Å². The van der Waals surface area contributed by atoms with E-state index in [9.17, 15) is 19.1 Å². The molecule has 0 aliphatic carbocycles. The highest BCUT2D eigenvalue weighted by atomic mass is 19.1. The third-order valence-corrected chi connectivity index (χ3v) is 4.73. The summed E-state index contributed by atoms with van der Waals surface area (Å²) in [7, 11) is 0. The predicted octanol–water partition coefficient (Wildman–Crippen LogP) is 5.46. The van der Waals surface area contributed by atoms with Crippen molar-refractivity contribution in [1.29, 1.82) is 0 Å². The highest BCUT2D eigenvalue weighted by Gasteiger charge is 2.14. The van der Waals surface area contributed by atoms with Gasteiger partial charge in [0.1, 0.15) is 17.3 Å². The standard InChI is InChI=1S/C23H17FN4O5/c1-13-20(22(30)28(27-13)16-7-3-6-15(24)12-16)26-25-19-10-4-9-18(21(19)29)14-5-2-8-17(11-14)33-23(31)32/h2-12,27,29H,1H3,(H,31,32). The van der Waals surface area contributed by atoms with Crippen LogP contribution in [-0.2, 0) is 0 Å². The van der Waals surface area contributed by atoms with Gasteiger partial charge < -0.3 is 14.9 Å².